The molecule has 0 saturated heterocycles. The van der Waals surface area contributed by atoms with Crippen LogP contribution in [0.3, 0.4) is 0 Å². The Morgan fingerprint density at radius 3 is 2.16 bits per heavy atom. The van der Waals surface area contributed by atoms with Crippen molar-refractivity contribution in [3.05, 3.63) is 128 Å². The van der Waals surface area contributed by atoms with Crippen LogP contribution in [0.4, 0.5) is 5.69 Å². The molecule has 5 aromatic rings. The third-order valence-corrected chi connectivity index (χ3v) is 8.39. The lowest BCUT2D eigenvalue weighted by Crippen LogP contribution is -2.29. The molecule has 0 fully saturated rings. The molecular weight excluding hydrogens is 620 g/mol. The van der Waals surface area contributed by atoms with Gasteiger partial charge in [0, 0.05) is 21.0 Å². The number of anilines is 1. The smallest absolute Gasteiger partial charge is 0.339 e. The fourth-order valence-electron chi connectivity index (χ4n) is 5.36. The number of carbonyl (C=O) groups is 4. The number of hydrogen-bond acceptors (Lipinski definition) is 6. The van der Waals surface area contributed by atoms with Crippen LogP contribution in [0.2, 0.25) is 0 Å². The van der Waals surface area contributed by atoms with Gasteiger partial charge in [0.15, 0.2) is 12.4 Å². The molecule has 1 aliphatic rings. The van der Waals surface area contributed by atoms with Crippen LogP contribution in [-0.4, -0.2) is 35.2 Å². The van der Waals surface area contributed by atoms with Crippen LogP contribution in [0.15, 0.2) is 89.4 Å². The van der Waals surface area contributed by atoms with Gasteiger partial charge < -0.3 is 4.74 Å². The highest BCUT2D eigenvalue weighted by Crippen LogP contribution is 2.33. The van der Waals surface area contributed by atoms with E-state index in [0.717, 1.165) is 26.1 Å². The Balaban J connectivity index is 1.34. The molecule has 0 saturated carbocycles. The number of halogens is 1. The van der Waals surface area contributed by atoms with Crippen LogP contribution in [0.1, 0.15) is 65.0 Å². The van der Waals surface area contributed by atoms with Gasteiger partial charge in [-0.05, 0) is 85.5 Å². The maximum Gasteiger partial charge on any atom is 0.339 e. The number of amides is 2. The van der Waals surface area contributed by atoms with Crippen molar-refractivity contribution in [3.8, 4) is 11.3 Å². The zero-order chi connectivity index (χ0) is 31.1. The average molecular weight is 648 g/mol. The third kappa shape index (κ3) is 5.22. The summed E-state index contributed by atoms with van der Waals surface area (Å²) in [6, 6.07) is 24.5. The van der Waals surface area contributed by atoms with Crippen LogP contribution < -0.4 is 4.90 Å². The molecule has 0 spiro atoms. The molecule has 0 unspecified atom stereocenters. The second kappa shape index (κ2) is 11.6. The number of carbonyl (C=O) groups excluding carboxylic acids is 4. The number of benzene rings is 4. The van der Waals surface area contributed by atoms with Gasteiger partial charge in [-0.2, -0.15) is 0 Å². The molecule has 1 aliphatic heterocycles. The van der Waals surface area contributed by atoms with Crippen molar-refractivity contribution < 1.29 is 23.9 Å². The molecule has 6 rings (SSSR count). The Morgan fingerprint density at radius 1 is 0.841 bits per heavy atom. The van der Waals surface area contributed by atoms with Gasteiger partial charge >= 0.3 is 5.97 Å². The molecule has 2 amide bonds. The zero-order valence-electron chi connectivity index (χ0n) is 24.3. The lowest BCUT2D eigenvalue weighted by Gasteiger charge is -2.15. The Labute approximate surface area is 262 Å². The van der Waals surface area contributed by atoms with E-state index in [1.54, 1.807) is 66.7 Å². The largest absolute Gasteiger partial charge is 0.454 e. The van der Waals surface area contributed by atoms with Crippen molar-refractivity contribution in [1.29, 1.82) is 0 Å². The number of imide groups is 1. The first-order chi connectivity index (χ1) is 21.2. The average Bonchev–Trinajstić information content (AvgIpc) is 3.29. The van der Waals surface area contributed by atoms with E-state index in [1.807, 2.05) is 39.0 Å². The lowest BCUT2D eigenvalue weighted by atomic mass is 10.00. The lowest BCUT2D eigenvalue weighted by molar-refractivity contribution is 0.0476. The Hall–Kier alpha value is -4.95. The Bertz CT molecular complexity index is 1980. The summed E-state index contributed by atoms with van der Waals surface area (Å²) in [5, 5.41) is 0.603. The summed E-state index contributed by atoms with van der Waals surface area (Å²) in [4.78, 5) is 58.4. The van der Waals surface area contributed by atoms with Crippen molar-refractivity contribution in [2.24, 2.45) is 0 Å². The van der Waals surface area contributed by atoms with E-state index >= 15 is 0 Å². The van der Waals surface area contributed by atoms with Crippen molar-refractivity contribution >= 4 is 56.1 Å². The molecule has 0 atom stereocenters. The van der Waals surface area contributed by atoms with Gasteiger partial charge in [0.05, 0.1) is 33.6 Å². The second-order valence-corrected chi connectivity index (χ2v) is 11.6. The summed E-state index contributed by atoms with van der Waals surface area (Å²) in [6.45, 7) is 5.51. The molecule has 218 valence electrons. The summed E-state index contributed by atoms with van der Waals surface area (Å²) >= 11 is 3.54. The third-order valence-electron chi connectivity index (χ3n) is 7.94. The number of nitrogens with zero attached hydrogens (tertiary/aromatic N) is 2. The number of ketones is 1. The van der Waals surface area contributed by atoms with Crippen molar-refractivity contribution in [2.75, 3.05) is 11.5 Å². The van der Waals surface area contributed by atoms with Crippen LogP contribution >= 0.6 is 15.9 Å². The molecule has 7 nitrogen and oxygen atoms in total. The number of fused-ring (bicyclic) bond motifs is 2. The normalized spacial score (nSPS) is 12.5. The molecule has 0 radical (unpaired) electrons. The number of hydrogen-bond donors (Lipinski definition) is 0. The molecule has 0 bridgehead atoms. The predicted molar refractivity (Wildman–Crippen MR) is 172 cm³/mol. The Kier molecular flexibility index (Phi) is 7.69. The number of aromatic nitrogens is 1. The first kappa shape index (κ1) is 29.1. The number of aryl methyl sites for hydroxylation is 3. The maximum absolute atomic E-state index is 13.5. The zero-order valence-corrected chi connectivity index (χ0v) is 25.9. The van der Waals surface area contributed by atoms with E-state index < -0.39 is 12.6 Å². The van der Waals surface area contributed by atoms with E-state index in [-0.39, 0.29) is 23.2 Å². The van der Waals surface area contributed by atoms with Crippen molar-refractivity contribution in [1.82, 2.24) is 4.98 Å². The minimum absolute atomic E-state index is 0.276. The number of Topliss-reactive ketones (excluding diaryl/α,β-unsaturated/α-hetero) is 1. The number of ether oxygens (including phenoxy) is 1. The summed E-state index contributed by atoms with van der Waals surface area (Å²) in [7, 11) is 0. The summed E-state index contributed by atoms with van der Waals surface area (Å²) in [5.41, 5.74) is 6.75. The predicted octanol–water partition coefficient (Wildman–Crippen LogP) is 7.68. The molecule has 8 heteroatoms. The highest BCUT2D eigenvalue weighted by Gasteiger charge is 2.36. The van der Waals surface area contributed by atoms with Gasteiger partial charge in [-0.3, -0.25) is 14.4 Å². The van der Waals surface area contributed by atoms with Crippen molar-refractivity contribution in [2.45, 2.75) is 27.2 Å². The van der Waals surface area contributed by atoms with E-state index in [4.69, 9.17) is 9.72 Å². The van der Waals surface area contributed by atoms with Crippen molar-refractivity contribution in [3.63, 3.8) is 0 Å². The van der Waals surface area contributed by atoms with Gasteiger partial charge in [-0.1, -0.05) is 59.3 Å². The standard InChI is InChI=1S/C36H27BrN2O5/c1-4-22-16-25(37)17-29-30(36(43)44-19-32(40)24-10-9-20(2)21(3)15-24)18-31(38-33(22)29)23-11-13-26(14-12-23)39-34(41)27-7-5-6-8-28(27)35(39)42/h5-18H,4,19H2,1-3H3. The van der Waals surface area contributed by atoms with E-state index in [1.165, 1.54) is 0 Å². The van der Waals surface area contributed by atoms with Gasteiger partial charge in [0.2, 0.25) is 0 Å². The topological polar surface area (TPSA) is 93.6 Å². The quantitative estimate of drug-likeness (QED) is 0.102. The first-order valence-electron chi connectivity index (χ1n) is 14.1. The molecule has 2 heterocycles. The minimum Gasteiger partial charge on any atom is -0.454 e. The molecule has 4 aromatic carbocycles. The molecule has 0 aliphatic carbocycles. The summed E-state index contributed by atoms with van der Waals surface area (Å²) in [6.07, 6.45) is 0.671. The molecular formula is C36H27BrN2O5. The van der Waals surface area contributed by atoms with Gasteiger partial charge in [0.1, 0.15) is 0 Å². The minimum atomic E-state index is -0.640. The van der Waals surface area contributed by atoms with Crippen LogP contribution in [-0.2, 0) is 11.2 Å². The highest BCUT2D eigenvalue weighted by molar-refractivity contribution is 9.10. The molecule has 0 N–H and O–H groups in total. The SMILES string of the molecule is CCc1cc(Br)cc2c(C(=O)OCC(=O)c3ccc(C)c(C)c3)cc(-c3ccc(N4C(=O)c5ccccc5C4=O)cc3)nc12. The molecule has 44 heavy (non-hydrogen) atoms. The van der Waals surface area contributed by atoms with Crippen LogP contribution in [0, 0.1) is 13.8 Å². The highest BCUT2D eigenvalue weighted by atomic mass is 79.9. The number of rotatable bonds is 7. The number of esters is 1. The van der Waals surface area contributed by atoms with E-state index in [9.17, 15) is 19.2 Å². The van der Waals surface area contributed by atoms with Crippen LogP contribution in [0.5, 0.6) is 0 Å². The van der Waals surface area contributed by atoms with Gasteiger partial charge in [0.25, 0.3) is 11.8 Å². The molecule has 1 aromatic heterocycles. The monoisotopic (exact) mass is 646 g/mol. The summed E-state index contributed by atoms with van der Waals surface area (Å²) in [5.74, 6) is -1.68. The fourth-order valence-corrected chi connectivity index (χ4v) is 5.86. The summed E-state index contributed by atoms with van der Waals surface area (Å²) < 4.78 is 6.35. The number of pyridine rings is 1. The van der Waals surface area contributed by atoms with E-state index in [2.05, 4.69) is 15.9 Å². The van der Waals surface area contributed by atoms with Crippen LogP contribution in [0.25, 0.3) is 22.2 Å². The Morgan fingerprint density at radius 2 is 1.52 bits per heavy atom. The maximum atomic E-state index is 13.5. The van der Waals surface area contributed by atoms with Gasteiger partial charge in [-0.25, -0.2) is 14.7 Å². The first-order valence-corrected chi connectivity index (χ1v) is 14.9. The fraction of sp³-hybridized carbons (Fsp3) is 0.139. The van der Waals surface area contributed by atoms with Gasteiger partial charge in [-0.15, -0.1) is 0 Å². The second-order valence-electron chi connectivity index (χ2n) is 10.7. The van der Waals surface area contributed by atoms with E-state index in [0.29, 0.717) is 51.0 Å².